The predicted molar refractivity (Wildman–Crippen MR) is 64.8 cm³/mol. The molecule has 3 heteroatoms. The summed E-state index contributed by atoms with van der Waals surface area (Å²) in [6.07, 6.45) is 2.76. The van der Waals surface area contributed by atoms with Crippen LogP contribution in [-0.4, -0.2) is 5.78 Å². The van der Waals surface area contributed by atoms with E-state index in [1.54, 1.807) is 6.07 Å². The van der Waals surface area contributed by atoms with Gasteiger partial charge in [0.05, 0.1) is 0 Å². The Kier molecular flexibility index (Phi) is 3.15. The van der Waals surface area contributed by atoms with Crippen LogP contribution in [0.4, 0.5) is 4.39 Å². The van der Waals surface area contributed by atoms with Crippen LogP contribution < -0.4 is 0 Å². The standard InChI is InChI=1S/C13H14BrFO/c1-13(5-4-11(16)8-13)7-9-2-3-10(14)6-12(9)15/h2-3,6H,4-5,7-8H2,1H3. The zero-order valence-corrected chi connectivity index (χ0v) is 10.8. The molecule has 0 radical (unpaired) electrons. The van der Waals surface area contributed by atoms with Gasteiger partial charge in [-0.3, -0.25) is 4.79 Å². The highest BCUT2D eigenvalue weighted by atomic mass is 79.9. The first-order valence-corrected chi connectivity index (χ1v) is 6.23. The Morgan fingerprint density at radius 2 is 2.25 bits per heavy atom. The number of Topliss-reactive ketones (excluding diaryl/α,β-unsaturated/α-hetero) is 1. The number of rotatable bonds is 2. The van der Waals surface area contributed by atoms with E-state index in [9.17, 15) is 9.18 Å². The lowest BCUT2D eigenvalue weighted by molar-refractivity contribution is -0.117. The monoisotopic (exact) mass is 284 g/mol. The quantitative estimate of drug-likeness (QED) is 0.805. The van der Waals surface area contributed by atoms with Gasteiger partial charge in [-0.2, -0.15) is 0 Å². The van der Waals surface area contributed by atoms with Crippen LogP contribution in [0.15, 0.2) is 22.7 Å². The van der Waals surface area contributed by atoms with Crippen molar-refractivity contribution >= 4 is 21.7 Å². The highest BCUT2D eigenvalue weighted by molar-refractivity contribution is 9.10. The Morgan fingerprint density at radius 3 is 2.81 bits per heavy atom. The number of hydrogen-bond acceptors (Lipinski definition) is 1. The normalized spacial score (nSPS) is 25.1. The van der Waals surface area contributed by atoms with Gasteiger partial charge < -0.3 is 0 Å². The molecule has 0 heterocycles. The van der Waals surface area contributed by atoms with Crippen molar-refractivity contribution in [3.8, 4) is 0 Å². The lowest BCUT2D eigenvalue weighted by Crippen LogP contribution is -2.16. The van der Waals surface area contributed by atoms with E-state index in [1.165, 1.54) is 6.07 Å². The largest absolute Gasteiger partial charge is 0.300 e. The molecule has 1 atom stereocenters. The van der Waals surface area contributed by atoms with Crippen molar-refractivity contribution in [1.82, 2.24) is 0 Å². The molecule has 1 nitrogen and oxygen atoms in total. The number of benzene rings is 1. The highest BCUT2D eigenvalue weighted by Gasteiger charge is 2.34. The second kappa shape index (κ2) is 4.28. The first kappa shape index (κ1) is 11.8. The summed E-state index contributed by atoms with van der Waals surface area (Å²) in [5.41, 5.74) is 0.659. The minimum atomic E-state index is -0.185. The van der Waals surface area contributed by atoms with E-state index in [-0.39, 0.29) is 11.2 Å². The van der Waals surface area contributed by atoms with Crippen molar-refractivity contribution in [2.75, 3.05) is 0 Å². The summed E-state index contributed by atoms with van der Waals surface area (Å²) >= 11 is 3.24. The van der Waals surface area contributed by atoms with Crippen LogP contribution in [-0.2, 0) is 11.2 Å². The zero-order valence-electron chi connectivity index (χ0n) is 9.22. The lowest BCUT2D eigenvalue weighted by Gasteiger charge is -2.22. The van der Waals surface area contributed by atoms with E-state index in [1.807, 2.05) is 6.07 Å². The van der Waals surface area contributed by atoms with Gasteiger partial charge in [-0.25, -0.2) is 4.39 Å². The van der Waals surface area contributed by atoms with Gasteiger partial charge >= 0.3 is 0 Å². The number of carbonyl (C=O) groups is 1. The topological polar surface area (TPSA) is 17.1 Å². The molecule has 2 rings (SSSR count). The Bertz CT molecular complexity index is 430. The second-order valence-corrected chi connectivity index (χ2v) is 5.85. The van der Waals surface area contributed by atoms with Crippen LogP contribution in [0.3, 0.4) is 0 Å². The van der Waals surface area contributed by atoms with Crippen molar-refractivity contribution in [2.45, 2.75) is 32.6 Å². The predicted octanol–water partition coefficient (Wildman–Crippen LogP) is 3.89. The van der Waals surface area contributed by atoms with Gasteiger partial charge in [-0.15, -0.1) is 0 Å². The third-order valence-corrected chi connectivity index (χ3v) is 3.76. The van der Waals surface area contributed by atoms with E-state index in [0.29, 0.717) is 30.6 Å². The van der Waals surface area contributed by atoms with Crippen molar-refractivity contribution in [3.05, 3.63) is 34.1 Å². The molecule has 0 bridgehead atoms. The molecule has 0 spiro atoms. The van der Waals surface area contributed by atoms with Gasteiger partial charge in [-0.1, -0.05) is 28.9 Å². The van der Waals surface area contributed by atoms with Crippen LogP contribution >= 0.6 is 15.9 Å². The number of halogens is 2. The molecule has 1 unspecified atom stereocenters. The summed E-state index contributed by atoms with van der Waals surface area (Å²) in [5.74, 6) is 0.120. The minimum absolute atomic E-state index is 0.0498. The Labute approximate surface area is 103 Å². The lowest BCUT2D eigenvalue weighted by atomic mass is 9.82. The van der Waals surface area contributed by atoms with Gasteiger partial charge in [0.25, 0.3) is 0 Å². The first-order chi connectivity index (χ1) is 7.48. The summed E-state index contributed by atoms with van der Waals surface area (Å²) in [5, 5.41) is 0. The summed E-state index contributed by atoms with van der Waals surface area (Å²) in [4.78, 5) is 11.3. The number of carbonyl (C=O) groups excluding carboxylic acids is 1. The molecule has 1 aromatic carbocycles. The summed E-state index contributed by atoms with van der Waals surface area (Å²) < 4.78 is 14.4. The summed E-state index contributed by atoms with van der Waals surface area (Å²) in [6, 6.07) is 5.13. The third-order valence-electron chi connectivity index (χ3n) is 3.26. The van der Waals surface area contributed by atoms with Crippen LogP contribution in [0.1, 0.15) is 31.7 Å². The Hall–Kier alpha value is -0.700. The number of ketones is 1. The maximum atomic E-state index is 13.7. The molecule has 0 aliphatic heterocycles. The molecule has 16 heavy (non-hydrogen) atoms. The first-order valence-electron chi connectivity index (χ1n) is 5.44. The van der Waals surface area contributed by atoms with E-state index in [2.05, 4.69) is 22.9 Å². The third kappa shape index (κ3) is 2.51. The van der Waals surface area contributed by atoms with Crippen LogP contribution in [0.5, 0.6) is 0 Å². The van der Waals surface area contributed by atoms with Crippen molar-refractivity contribution < 1.29 is 9.18 Å². The van der Waals surface area contributed by atoms with Gasteiger partial charge in [0.1, 0.15) is 11.6 Å². The fourth-order valence-corrected chi connectivity index (χ4v) is 2.70. The fourth-order valence-electron chi connectivity index (χ4n) is 2.37. The SMILES string of the molecule is CC1(Cc2ccc(Br)cc2F)CCC(=O)C1. The molecule has 1 saturated carbocycles. The average molecular weight is 285 g/mol. The average Bonchev–Trinajstić information content (AvgIpc) is 2.52. The smallest absolute Gasteiger partial charge is 0.133 e. The van der Waals surface area contributed by atoms with Crippen LogP contribution in [0, 0.1) is 11.2 Å². The summed E-state index contributed by atoms with van der Waals surface area (Å²) in [7, 11) is 0. The van der Waals surface area contributed by atoms with E-state index in [0.717, 1.165) is 10.9 Å². The van der Waals surface area contributed by atoms with Crippen molar-refractivity contribution in [2.24, 2.45) is 5.41 Å². The van der Waals surface area contributed by atoms with Crippen LogP contribution in [0.25, 0.3) is 0 Å². The van der Waals surface area contributed by atoms with Gasteiger partial charge in [0.15, 0.2) is 0 Å². The molecule has 1 aromatic rings. The molecular weight excluding hydrogens is 271 g/mol. The molecule has 0 aromatic heterocycles. The molecular formula is C13H14BrFO. The Morgan fingerprint density at radius 1 is 1.50 bits per heavy atom. The molecule has 1 aliphatic rings. The van der Waals surface area contributed by atoms with E-state index in [4.69, 9.17) is 0 Å². The maximum Gasteiger partial charge on any atom is 0.133 e. The molecule has 1 aliphatic carbocycles. The van der Waals surface area contributed by atoms with Gasteiger partial charge in [0, 0.05) is 17.3 Å². The molecule has 0 N–H and O–H groups in total. The second-order valence-electron chi connectivity index (χ2n) is 4.94. The summed E-state index contributed by atoms with van der Waals surface area (Å²) in [6.45, 7) is 2.07. The van der Waals surface area contributed by atoms with Crippen LogP contribution in [0.2, 0.25) is 0 Å². The fraction of sp³-hybridized carbons (Fsp3) is 0.462. The van der Waals surface area contributed by atoms with E-state index >= 15 is 0 Å². The van der Waals surface area contributed by atoms with Gasteiger partial charge in [-0.05, 0) is 36.0 Å². The molecule has 86 valence electrons. The number of hydrogen-bond donors (Lipinski definition) is 0. The van der Waals surface area contributed by atoms with Gasteiger partial charge in [0.2, 0.25) is 0 Å². The minimum Gasteiger partial charge on any atom is -0.300 e. The highest BCUT2D eigenvalue weighted by Crippen LogP contribution is 2.39. The molecule has 0 amide bonds. The van der Waals surface area contributed by atoms with E-state index < -0.39 is 0 Å². The van der Waals surface area contributed by atoms with Crippen molar-refractivity contribution in [1.29, 1.82) is 0 Å². The maximum absolute atomic E-state index is 13.7. The molecule has 0 saturated heterocycles. The molecule has 1 fully saturated rings. The van der Waals surface area contributed by atoms with Crippen molar-refractivity contribution in [3.63, 3.8) is 0 Å². The zero-order chi connectivity index (χ0) is 11.8. The Balaban J connectivity index is 2.17.